The molecule has 3 fully saturated rings. The summed E-state index contributed by atoms with van der Waals surface area (Å²) in [4.78, 5) is 12.2. The van der Waals surface area contributed by atoms with Gasteiger partial charge in [0.25, 0.3) is 0 Å². The third-order valence-electron chi connectivity index (χ3n) is 5.32. The van der Waals surface area contributed by atoms with Crippen molar-refractivity contribution in [2.24, 2.45) is 5.92 Å². The van der Waals surface area contributed by atoms with Crippen LogP contribution in [0, 0.1) is 5.92 Å². The number of amides is 1. The third kappa shape index (κ3) is 4.73. The zero-order valence-electron chi connectivity index (χ0n) is 17.3. The van der Waals surface area contributed by atoms with E-state index in [0.717, 1.165) is 5.56 Å². The standard InChI is InChI=1S/C21H29NO7/c1-20(2)25-12-15(27-20)16-14(17-18(26-16)29-21(3,4)28-17)10-22-19(23)24-11-13-8-6-5-7-9-13/h5-9,14-18H,10-12H2,1-4H3,(H,22,23)/t14-,15-,16+,17-,18-/m1/s1. The molecule has 0 saturated carbocycles. The summed E-state index contributed by atoms with van der Waals surface area (Å²) < 4.78 is 35.1. The van der Waals surface area contributed by atoms with Crippen molar-refractivity contribution < 1.29 is 33.2 Å². The van der Waals surface area contributed by atoms with Gasteiger partial charge in [0.15, 0.2) is 17.9 Å². The van der Waals surface area contributed by atoms with Crippen LogP contribution in [-0.2, 0) is 35.0 Å². The van der Waals surface area contributed by atoms with Crippen LogP contribution < -0.4 is 5.32 Å². The Balaban J connectivity index is 1.37. The average molecular weight is 407 g/mol. The summed E-state index contributed by atoms with van der Waals surface area (Å²) in [7, 11) is 0. The molecule has 3 heterocycles. The molecule has 1 amide bonds. The predicted molar refractivity (Wildman–Crippen MR) is 102 cm³/mol. The normalized spacial score (nSPS) is 34.7. The van der Waals surface area contributed by atoms with Crippen LogP contribution >= 0.6 is 0 Å². The highest BCUT2D eigenvalue weighted by molar-refractivity contribution is 5.67. The Morgan fingerprint density at radius 2 is 1.83 bits per heavy atom. The van der Waals surface area contributed by atoms with E-state index in [1.54, 1.807) is 0 Å². The molecule has 3 saturated heterocycles. The maximum atomic E-state index is 12.2. The second-order valence-electron chi connectivity index (χ2n) is 8.54. The molecule has 160 valence electrons. The van der Waals surface area contributed by atoms with Gasteiger partial charge in [-0.2, -0.15) is 0 Å². The lowest BCUT2D eigenvalue weighted by molar-refractivity contribution is -0.226. The van der Waals surface area contributed by atoms with Gasteiger partial charge in [-0.15, -0.1) is 0 Å². The van der Waals surface area contributed by atoms with Crippen LogP contribution in [0.1, 0.15) is 33.3 Å². The Morgan fingerprint density at radius 1 is 1.07 bits per heavy atom. The van der Waals surface area contributed by atoms with Crippen LogP contribution in [0.5, 0.6) is 0 Å². The molecule has 4 rings (SSSR count). The SMILES string of the molecule is CC1(C)O[C@H]2O[C@H]([C@H]3COC(C)(C)O3)[C@@H](CNC(=O)OCc3ccccc3)[C@H]2O1. The van der Waals surface area contributed by atoms with Crippen molar-refractivity contribution in [2.75, 3.05) is 13.2 Å². The summed E-state index contributed by atoms with van der Waals surface area (Å²) in [5.74, 6) is -1.56. The molecule has 0 spiro atoms. The molecular formula is C21H29NO7. The second-order valence-corrected chi connectivity index (χ2v) is 8.54. The van der Waals surface area contributed by atoms with E-state index < -0.39 is 24.0 Å². The molecule has 3 aliphatic rings. The lowest BCUT2D eigenvalue weighted by Crippen LogP contribution is -2.44. The Labute approximate surface area is 170 Å². The number of nitrogens with one attached hydrogen (secondary N) is 1. The van der Waals surface area contributed by atoms with Crippen LogP contribution in [0.3, 0.4) is 0 Å². The van der Waals surface area contributed by atoms with E-state index in [2.05, 4.69) is 5.32 Å². The van der Waals surface area contributed by atoms with Gasteiger partial charge in [0.1, 0.15) is 18.8 Å². The summed E-state index contributed by atoms with van der Waals surface area (Å²) in [6.45, 7) is 8.37. The first-order chi connectivity index (χ1) is 13.7. The van der Waals surface area contributed by atoms with Gasteiger partial charge in [-0.05, 0) is 33.3 Å². The van der Waals surface area contributed by atoms with Gasteiger partial charge in [0.2, 0.25) is 0 Å². The summed E-state index contributed by atoms with van der Waals surface area (Å²) in [6.07, 6.45) is -1.89. The largest absolute Gasteiger partial charge is 0.445 e. The molecule has 5 atom stereocenters. The Hall–Kier alpha value is -1.71. The minimum Gasteiger partial charge on any atom is -0.445 e. The van der Waals surface area contributed by atoms with Crippen LogP contribution in [-0.4, -0.2) is 55.4 Å². The Bertz CT molecular complexity index is 723. The van der Waals surface area contributed by atoms with E-state index >= 15 is 0 Å². The number of fused-ring (bicyclic) bond motifs is 1. The highest BCUT2D eigenvalue weighted by Crippen LogP contribution is 2.43. The van der Waals surface area contributed by atoms with Gasteiger partial charge in [-0.25, -0.2) is 4.79 Å². The van der Waals surface area contributed by atoms with Gasteiger partial charge in [-0.3, -0.25) is 0 Å². The zero-order valence-corrected chi connectivity index (χ0v) is 17.3. The molecule has 8 nitrogen and oxygen atoms in total. The fourth-order valence-corrected chi connectivity index (χ4v) is 4.04. The first kappa shape index (κ1) is 20.6. The molecule has 1 aromatic rings. The van der Waals surface area contributed by atoms with Crippen LogP contribution in [0.15, 0.2) is 30.3 Å². The first-order valence-electron chi connectivity index (χ1n) is 10.00. The molecule has 0 aromatic heterocycles. The van der Waals surface area contributed by atoms with Crippen molar-refractivity contribution in [2.45, 2.75) is 70.5 Å². The Kier molecular flexibility index (Phi) is 5.56. The second kappa shape index (κ2) is 7.85. The quantitative estimate of drug-likeness (QED) is 0.803. The van der Waals surface area contributed by atoms with Gasteiger partial charge < -0.3 is 33.7 Å². The number of benzene rings is 1. The molecule has 8 heteroatoms. The number of ether oxygens (including phenoxy) is 6. The third-order valence-corrected chi connectivity index (χ3v) is 5.32. The maximum absolute atomic E-state index is 12.2. The number of carbonyl (C=O) groups is 1. The van der Waals surface area contributed by atoms with Gasteiger partial charge in [-0.1, -0.05) is 30.3 Å². The molecule has 29 heavy (non-hydrogen) atoms. The van der Waals surface area contributed by atoms with E-state index in [1.165, 1.54) is 0 Å². The van der Waals surface area contributed by atoms with E-state index in [9.17, 15) is 4.79 Å². The smallest absolute Gasteiger partial charge is 0.407 e. The lowest BCUT2D eigenvalue weighted by Gasteiger charge is -2.29. The number of alkyl carbamates (subject to hydrolysis) is 1. The van der Waals surface area contributed by atoms with Crippen molar-refractivity contribution in [3.8, 4) is 0 Å². The fraction of sp³-hybridized carbons (Fsp3) is 0.667. The van der Waals surface area contributed by atoms with E-state index in [-0.39, 0.29) is 30.8 Å². The van der Waals surface area contributed by atoms with Crippen LogP contribution in [0.2, 0.25) is 0 Å². The summed E-state index contributed by atoms with van der Waals surface area (Å²) in [5.41, 5.74) is 0.929. The minimum absolute atomic E-state index is 0.159. The molecule has 0 radical (unpaired) electrons. The fourth-order valence-electron chi connectivity index (χ4n) is 4.04. The van der Waals surface area contributed by atoms with E-state index in [1.807, 2.05) is 58.0 Å². The molecule has 1 N–H and O–H groups in total. The summed E-state index contributed by atoms with van der Waals surface area (Å²) in [5, 5.41) is 2.84. The van der Waals surface area contributed by atoms with Crippen LogP contribution in [0.4, 0.5) is 4.79 Å². The van der Waals surface area contributed by atoms with Crippen molar-refractivity contribution in [3.05, 3.63) is 35.9 Å². The first-order valence-corrected chi connectivity index (χ1v) is 10.00. The summed E-state index contributed by atoms with van der Waals surface area (Å²) in [6, 6.07) is 9.54. The summed E-state index contributed by atoms with van der Waals surface area (Å²) >= 11 is 0. The molecular weight excluding hydrogens is 378 g/mol. The monoisotopic (exact) mass is 407 g/mol. The van der Waals surface area contributed by atoms with Gasteiger partial charge in [0.05, 0.1) is 12.7 Å². The van der Waals surface area contributed by atoms with Crippen LogP contribution in [0.25, 0.3) is 0 Å². The number of rotatable bonds is 5. The Morgan fingerprint density at radius 3 is 2.52 bits per heavy atom. The molecule has 3 aliphatic heterocycles. The van der Waals surface area contributed by atoms with E-state index in [4.69, 9.17) is 28.4 Å². The topological polar surface area (TPSA) is 84.5 Å². The average Bonchev–Trinajstić information content (AvgIpc) is 3.28. The van der Waals surface area contributed by atoms with Gasteiger partial charge in [0, 0.05) is 12.5 Å². The molecule has 0 bridgehead atoms. The van der Waals surface area contributed by atoms with E-state index in [0.29, 0.717) is 13.2 Å². The number of hydrogen-bond acceptors (Lipinski definition) is 7. The molecule has 1 aromatic carbocycles. The predicted octanol–water partition coefficient (Wildman–Crippen LogP) is 2.56. The maximum Gasteiger partial charge on any atom is 0.407 e. The lowest BCUT2D eigenvalue weighted by atomic mass is 9.94. The number of hydrogen-bond donors (Lipinski definition) is 1. The highest BCUT2D eigenvalue weighted by atomic mass is 16.8. The van der Waals surface area contributed by atoms with Crippen molar-refractivity contribution >= 4 is 6.09 Å². The minimum atomic E-state index is -0.737. The molecule has 0 aliphatic carbocycles. The van der Waals surface area contributed by atoms with Crippen molar-refractivity contribution in [3.63, 3.8) is 0 Å². The number of carbonyl (C=O) groups excluding carboxylic acids is 1. The molecule has 0 unspecified atom stereocenters. The van der Waals surface area contributed by atoms with Crippen molar-refractivity contribution in [1.29, 1.82) is 0 Å². The zero-order chi connectivity index (χ0) is 20.6. The van der Waals surface area contributed by atoms with Crippen molar-refractivity contribution in [1.82, 2.24) is 5.32 Å². The van der Waals surface area contributed by atoms with Gasteiger partial charge >= 0.3 is 6.09 Å². The highest BCUT2D eigenvalue weighted by Gasteiger charge is 2.58.